The molecule has 1 rings (SSSR count). The van der Waals surface area contributed by atoms with Gasteiger partial charge in [-0.2, -0.15) is 0 Å². The average Bonchev–Trinajstić information content (AvgIpc) is 2.26. The van der Waals surface area contributed by atoms with Gasteiger partial charge in [0.05, 0.1) is 11.9 Å². The van der Waals surface area contributed by atoms with Gasteiger partial charge in [0.2, 0.25) is 10.0 Å². The Morgan fingerprint density at radius 1 is 1.41 bits per heavy atom. The van der Waals surface area contributed by atoms with E-state index in [1.165, 1.54) is 4.31 Å². The summed E-state index contributed by atoms with van der Waals surface area (Å²) in [5, 5.41) is 12.4. The number of nitrogens with zero attached hydrogens (tertiary/aromatic N) is 1. The molecular weight excluding hydrogens is 240 g/mol. The van der Waals surface area contributed by atoms with E-state index in [0.29, 0.717) is 13.0 Å². The summed E-state index contributed by atoms with van der Waals surface area (Å²) in [5.41, 5.74) is 0. The topological polar surface area (TPSA) is 69.6 Å². The van der Waals surface area contributed by atoms with Crippen LogP contribution in [0.4, 0.5) is 0 Å². The predicted molar refractivity (Wildman–Crippen MR) is 68.3 cm³/mol. The van der Waals surface area contributed by atoms with Crippen LogP contribution in [0.1, 0.15) is 26.2 Å². The fourth-order valence-corrected chi connectivity index (χ4v) is 3.55. The van der Waals surface area contributed by atoms with Gasteiger partial charge in [-0.1, -0.05) is 0 Å². The lowest BCUT2D eigenvalue weighted by molar-refractivity contribution is 0.177. The van der Waals surface area contributed by atoms with E-state index in [2.05, 4.69) is 5.32 Å². The molecule has 17 heavy (non-hydrogen) atoms. The third-order valence-electron chi connectivity index (χ3n) is 3.24. The Bertz CT molecular complexity index is 311. The Morgan fingerprint density at radius 2 is 2.00 bits per heavy atom. The Balaban J connectivity index is 2.43. The van der Waals surface area contributed by atoms with Crippen LogP contribution in [-0.2, 0) is 10.0 Å². The molecule has 0 radical (unpaired) electrons. The molecule has 1 aliphatic rings. The number of sulfonamides is 1. The SMILES string of the molecule is CC(O)CCN(C)S(=O)(=O)CC1CCNCC1. The van der Waals surface area contributed by atoms with E-state index in [1.54, 1.807) is 14.0 Å². The van der Waals surface area contributed by atoms with Gasteiger partial charge in [0, 0.05) is 13.6 Å². The number of piperidine rings is 1. The van der Waals surface area contributed by atoms with E-state index in [9.17, 15) is 8.42 Å². The van der Waals surface area contributed by atoms with Crippen molar-refractivity contribution in [1.82, 2.24) is 9.62 Å². The zero-order chi connectivity index (χ0) is 12.9. The molecule has 0 aliphatic carbocycles. The first kappa shape index (κ1) is 14.9. The molecule has 0 saturated carbocycles. The second-order valence-corrected chi connectivity index (χ2v) is 7.05. The van der Waals surface area contributed by atoms with Crippen LogP contribution in [0, 0.1) is 5.92 Å². The molecular formula is C11H24N2O3S. The van der Waals surface area contributed by atoms with Crippen molar-refractivity contribution in [2.45, 2.75) is 32.3 Å². The Labute approximate surface area is 104 Å². The van der Waals surface area contributed by atoms with E-state index in [0.717, 1.165) is 25.9 Å². The molecule has 1 saturated heterocycles. The van der Waals surface area contributed by atoms with E-state index >= 15 is 0 Å². The minimum atomic E-state index is -3.16. The Kier molecular flexibility index (Phi) is 5.85. The highest BCUT2D eigenvalue weighted by molar-refractivity contribution is 7.89. The van der Waals surface area contributed by atoms with Gasteiger partial charge in [-0.3, -0.25) is 0 Å². The first-order valence-electron chi connectivity index (χ1n) is 6.24. The quantitative estimate of drug-likeness (QED) is 0.709. The average molecular weight is 264 g/mol. The normalized spacial score (nSPS) is 20.7. The maximum atomic E-state index is 12.0. The van der Waals surface area contributed by atoms with Crippen LogP contribution in [0.2, 0.25) is 0 Å². The van der Waals surface area contributed by atoms with Gasteiger partial charge in [-0.25, -0.2) is 12.7 Å². The molecule has 1 heterocycles. The van der Waals surface area contributed by atoms with Crippen molar-refractivity contribution in [3.8, 4) is 0 Å². The van der Waals surface area contributed by atoms with Gasteiger partial charge in [-0.15, -0.1) is 0 Å². The van der Waals surface area contributed by atoms with Gasteiger partial charge >= 0.3 is 0 Å². The minimum absolute atomic E-state index is 0.241. The first-order valence-corrected chi connectivity index (χ1v) is 7.85. The Hall–Kier alpha value is -0.170. The van der Waals surface area contributed by atoms with Gasteiger partial charge in [0.1, 0.15) is 0 Å². The fraction of sp³-hybridized carbons (Fsp3) is 1.00. The third kappa shape index (κ3) is 5.33. The lowest BCUT2D eigenvalue weighted by Crippen LogP contribution is -2.37. The molecule has 0 aromatic rings. The maximum absolute atomic E-state index is 12.0. The molecule has 1 atom stereocenters. The zero-order valence-electron chi connectivity index (χ0n) is 10.7. The van der Waals surface area contributed by atoms with Gasteiger partial charge in [0.25, 0.3) is 0 Å². The number of nitrogens with one attached hydrogen (secondary N) is 1. The van der Waals surface area contributed by atoms with Crippen LogP contribution >= 0.6 is 0 Å². The summed E-state index contributed by atoms with van der Waals surface area (Å²) in [6.07, 6.45) is 1.90. The van der Waals surface area contributed by atoms with Crippen LogP contribution < -0.4 is 5.32 Å². The molecule has 2 N–H and O–H groups in total. The molecule has 6 heteroatoms. The highest BCUT2D eigenvalue weighted by atomic mass is 32.2. The lowest BCUT2D eigenvalue weighted by Gasteiger charge is -2.25. The monoisotopic (exact) mass is 264 g/mol. The third-order valence-corrected chi connectivity index (χ3v) is 5.27. The molecule has 5 nitrogen and oxygen atoms in total. The molecule has 1 fully saturated rings. The lowest BCUT2D eigenvalue weighted by atomic mass is 10.0. The second kappa shape index (κ2) is 6.68. The van der Waals surface area contributed by atoms with Crippen molar-refractivity contribution >= 4 is 10.0 Å². The smallest absolute Gasteiger partial charge is 0.214 e. The van der Waals surface area contributed by atoms with Crippen LogP contribution in [0.3, 0.4) is 0 Å². The van der Waals surface area contributed by atoms with E-state index < -0.39 is 16.1 Å². The summed E-state index contributed by atoms with van der Waals surface area (Å²) in [4.78, 5) is 0. The molecule has 0 aromatic carbocycles. The number of rotatable bonds is 6. The standard InChI is InChI=1S/C11H24N2O3S/c1-10(14)5-8-13(2)17(15,16)9-11-3-6-12-7-4-11/h10-12,14H,3-9H2,1-2H3. The molecule has 0 aromatic heterocycles. The second-order valence-electron chi connectivity index (χ2n) is 4.93. The van der Waals surface area contributed by atoms with Crippen molar-refractivity contribution in [1.29, 1.82) is 0 Å². The Morgan fingerprint density at radius 3 is 2.53 bits per heavy atom. The minimum Gasteiger partial charge on any atom is -0.393 e. The predicted octanol–water partition coefficient (Wildman–Crippen LogP) is 0.0185. The molecule has 0 amide bonds. The maximum Gasteiger partial charge on any atom is 0.214 e. The van der Waals surface area contributed by atoms with Crippen LogP contribution in [0.15, 0.2) is 0 Å². The summed E-state index contributed by atoms with van der Waals surface area (Å²) < 4.78 is 25.4. The van der Waals surface area contributed by atoms with Gasteiger partial charge in [-0.05, 0) is 45.2 Å². The summed E-state index contributed by atoms with van der Waals surface area (Å²) >= 11 is 0. The van der Waals surface area contributed by atoms with Crippen LogP contribution in [0.5, 0.6) is 0 Å². The highest BCUT2D eigenvalue weighted by Crippen LogP contribution is 2.16. The zero-order valence-corrected chi connectivity index (χ0v) is 11.5. The van der Waals surface area contributed by atoms with Crippen molar-refractivity contribution in [3.05, 3.63) is 0 Å². The first-order chi connectivity index (χ1) is 7.92. The van der Waals surface area contributed by atoms with Crippen molar-refractivity contribution in [2.24, 2.45) is 5.92 Å². The molecule has 0 bridgehead atoms. The van der Waals surface area contributed by atoms with E-state index in [-0.39, 0.29) is 11.7 Å². The summed E-state index contributed by atoms with van der Waals surface area (Å²) in [6, 6.07) is 0. The number of hydrogen-bond donors (Lipinski definition) is 2. The summed E-state index contributed by atoms with van der Waals surface area (Å²) in [6.45, 7) is 3.90. The van der Waals surface area contributed by atoms with Gasteiger partial charge < -0.3 is 10.4 Å². The van der Waals surface area contributed by atoms with Crippen molar-refractivity contribution in [2.75, 3.05) is 32.4 Å². The van der Waals surface area contributed by atoms with E-state index in [4.69, 9.17) is 5.11 Å². The van der Waals surface area contributed by atoms with E-state index in [1.807, 2.05) is 0 Å². The number of hydrogen-bond acceptors (Lipinski definition) is 4. The largest absolute Gasteiger partial charge is 0.393 e. The van der Waals surface area contributed by atoms with Crippen LogP contribution in [0.25, 0.3) is 0 Å². The fourth-order valence-electron chi connectivity index (χ4n) is 1.98. The van der Waals surface area contributed by atoms with Gasteiger partial charge in [0.15, 0.2) is 0 Å². The summed E-state index contributed by atoms with van der Waals surface area (Å²) in [7, 11) is -1.57. The molecule has 102 valence electrons. The molecule has 1 unspecified atom stereocenters. The number of aliphatic hydroxyl groups excluding tert-OH is 1. The molecule has 0 spiro atoms. The number of aliphatic hydroxyl groups is 1. The van der Waals surface area contributed by atoms with Crippen LogP contribution in [-0.4, -0.2) is 56.4 Å². The molecule has 1 aliphatic heterocycles. The van der Waals surface area contributed by atoms with Crippen molar-refractivity contribution in [3.63, 3.8) is 0 Å². The summed E-state index contributed by atoms with van der Waals surface area (Å²) in [5.74, 6) is 0.514. The highest BCUT2D eigenvalue weighted by Gasteiger charge is 2.24. The van der Waals surface area contributed by atoms with Crippen molar-refractivity contribution < 1.29 is 13.5 Å².